The van der Waals surface area contributed by atoms with Crippen molar-refractivity contribution in [2.45, 2.75) is 39.0 Å². The Labute approximate surface area is 97.5 Å². The van der Waals surface area contributed by atoms with Gasteiger partial charge in [0.15, 0.2) is 0 Å². The first-order valence-corrected chi connectivity index (χ1v) is 6.30. The largest absolute Gasteiger partial charge is 0.469 e. The zero-order valence-electron chi connectivity index (χ0n) is 10.3. The van der Waals surface area contributed by atoms with Crippen LogP contribution in [0.4, 0.5) is 0 Å². The monoisotopic (exact) mass is 226 g/mol. The van der Waals surface area contributed by atoms with Crippen molar-refractivity contribution in [1.29, 1.82) is 0 Å². The van der Waals surface area contributed by atoms with Gasteiger partial charge in [0.05, 0.1) is 26.2 Å². The van der Waals surface area contributed by atoms with Crippen LogP contribution in [0.5, 0.6) is 0 Å². The van der Waals surface area contributed by atoms with E-state index in [2.05, 4.69) is 6.92 Å². The summed E-state index contributed by atoms with van der Waals surface area (Å²) in [6.07, 6.45) is 5.86. The lowest BCUT2D eigenvalue weighted by Crippen LogP contribution is -2.43. The highest BCUT2D eigenvalue weighted by atomic mass is 16.5. The summed E-state index contributed by atoms with van der Waals surface area (Å²) < 4.78 is 10.2. The highest BCUT2D eigenvalue weighted by Crippen LogP contribution is 2.41. The molecule has 1 saturated heterocycles. The minimum absolute atomic E-state index is 0.0139. The van der Waals surface area contributed by atoms with Gasteiger partial charge in [-0.3, -0.25) is 4.79 Å². The van der Waals surface area contributed by atoms with Crippen molar-refractivity contribution in [3.63, 3.8) is 0 Å². The van der Waals surface area contributed by atoms with Gasteiger partial charge in [-0.1, -0.05) is 19.8 Å². The Morgan fingerprint density at radius 1 is 1.44 bits per heavy atom. The number of hydrogen-bond donors (Lipinski definition) is 0. The number of ether oxygens (including phenoxy) is 2. The molecule has 0 spiro atoms. The molecule has 1 aliphatic carbocycles. The Kier molecular flexibility index (Phi) is 3.53. The summed E-state index contributed by atoms with van der Waals surface area (Å²) in [4.78, 5) is 11.9. The van der Waals surface area contributed by atoms with E-state index in [1.54, 1.807) is 0 Å². The molecular formula is C13H22O3. The van der Waals surface area contributed by atoms with Gasteiger partial charge in [-0.2, -0.15) is 0 Å². The molecule has 1 aliphatic heterocycles. The maximum absolute atomic E-state index is 11.9. The predicted molar refractivity (Wildman–Crippen MR) is 61.0 cm³/mol. The van der Waals surface area contributed by atoms with Crippen LogP contribution in [0.2, 0.25) is 0 Å². The zero-order chi connectivity index (χ0) is 11.6. The summed E-state index contributed by atoms with van der Waals surface area (Å²) >= 11 is 0. The molecule has 92 valence electrons. The van der Waals surface area contributed by atoms with E-state index >= 15 is 0 Å². The second kappa shape index (κ2) is 4.74. The van der Waals surface area contributed by atoms with E-state index in [-0.39, 0.29) is 17.3 Å². The molecule has 0 bridgehead atoms. The fourth-order valence-electron chi connectivity index (χ4n) is 3.05. The van der Waals surface area contributed by atoms with Crippen LogP contribution < -0.4 is 0 Å². The van der Waals surface area contributed by atoms with Crippen LogP contribution in [0.1, 0.15) is 39.0 Å². The fourth-order valence-corrected chi connectivity index (χ4v) is 3.05. The second-order valence-electron chi connectivity index (χ2n) is 5.68. The fraction of sp³-hybridized carbons (Fsp3) is 0.923. The maximum atomic E-state index is 11.9. The first-order chi connectivity index (χ1) is 7.64. The molecule has 2 aliphatic rings. The van der Waals surface area contributed by atoms with E-state index in [1.807, 2.05) is 0 Å². The molecule has 1 unspecified atom stereocenters. The molecule has 3 heteroatoms. The van der Waals surface area contributed by atoms with Crippen molar-refractivity contribution < 1.29 is 14.3 Å². The van der Waals surface area contributed by atoms with E-state index in [0.29, 0.717) is 5.92 Å². The molecule has 2 rings (SSSR count). The van der Waals surface area contributed by atoms with E-state index in [0.717, 1.165) is 19.6 Å². The zero-order valence-corrected chi connectivity index (χ0v) is 10.3. The van der Waals surface area contributed by atoms with Gasteiger partial charge in [0, 0.05) is 5.41 Å². The van der Waals surface area contributed by atoms with Gasteiger partial charge in [-0.15, -0.1) is 0 Å². The van der Waals surface area contributed by atoms with Crippen molar-refractivity contribution in [2.24, 2.45) is 17.3 Å². The van der Waals surface area contributed by atoms with Gasteiger partial charge in [0.1, 0.15) is 0 Å². The van der Waals surface area contributed by atoms with E-state index in [4.69, 9.17) is 9.47 Å². The number of hydrogen-bond acceptors (Lipinski definition) is 3. The standard InChI is InChI=1S/C13H22O3/c1-13(8-16-9-13)7-11(12(14)15-2)10-5-3-4-6-10/h10-11H,3-9H2,1-2H3. The number of carbonyl (C=O) groups excluding carboxylic acids is 1. The summed E-state index contributed by atoms with van der Waals surface area (Å²) in [5.74, 6) is 0.631. The average Bonchev–Trinajstić information content (AvgIpc) is 2.75. The summed E-state index contributed by atoms with van der Waals surface area (Å²) in [5.41, 5.74) is 0.210. The van der Waals surface area contributed by atoms with Crippen LogP contribution in [0.25, 0.3) is 0 Å². The van der Waals surface area contributed by atoms with Crippen LogP contribution in [0.3, 0.4) is 0 Å². The number of methoxy groups -OCH3 is 1. The number of esters is 1. The minimum atomic E-state index is -0.0139. The Hall–Kier alpha value is -0.570. The number of carbonyl (C=O) groups is 1. The summed E-state index contributed by atoms with van der Waals surface area (Å²) in [6.45, 7) is 3.81. The highest BCUT2D eigenvalue weighted by Gasteiger charge is 2.41. The molecule has 1 heterocycles. The van der Waals surface area contributed by atoms with E-state index < -0.39 is 0 Å². The lowest BCUT2D eigenvalue weighted by atomic mass is 9.74. The summed E-state index contributed by atoms with van der Waals surface area (Å²) in [6, 6.07) is 0. The van der Waals surface area contributed by atoms with Crippen LogP contribution >= 0.6 is 0 Å². The molecule has 0 aromatic rings. The lowest BCUT2D eigenvalue weighted by molar-refractivity contribution is -0.156. The Morgan fingerprint density at radius 2 is 2.06 bits per heavy atom. The van der Waals surface area contributed by atoms with Crippen molar-refractivity contribution in [1.82, 2.24) is 0 Å². The lowest BCUT2D eigenvalue weighted by Gasteiger charge is -2.41. The molecule has 0 amide bonds. The summed E-state index contributed by atoms with van der Waals surface area (Å²) in [7, 11) is 1.50. The van der Waals surface area contributed by atoms with Crippen molar-refractivity contribution in [3.8, 4) is 0 Å². The molecule has 1 saturated carbocycles. The molecule has 1 atom stereocenters. The third kappa shape index (κ3) is 2.40. The maximum Gasteiger partial charge on any atom is 0.308 e. The van der Waals surface area contributed by atoms with Crippen LogP contribution in [-0.2, 0) is 14.3 Å². The van der Waals surface area contributed by atoms with Gasteiger partial charge >= 0.3 is 5.97 Å². The minimum Gasteiger partial charge on any atom is -0.469 e. The Balaban J connectivity index is 1.98. The third-order valence-corrected chi connectivity index (χ3v) is 4.09. The molecule has 16 heavy (non-hydrogen) atoms. The van der Waals surface area contributed by atoms with Crippen molar-refractivity contribution >= 4 is 5.97 Å². The first kappa shape index (κ1) is 11.9. The van der Waals surface area contributed by atoms with Crippen LogP contribution in [-0.4, -0.2) is 26.3 Å². The molecule has 0 radical (unpaired) electrons. The Morgan fingerprint density at radius 3 is 2.50 bits per heavy atom. The van der Waals surface area contributed by atoms with Crippen LogP contribution in [0, 0.1) is 17.3 Å². The van der Waals surface area contributed by atoms with Gasteiger partial charge in [0.2, 0.25) is 0 Å². The van der Waals surface area contributed by atoms with Gasteiger partial charge in [0.25, 0.3) is 0 Å². The molecule has 0 aromatic carbocycles. The first-order valence-electron chi connectivity index (χ1n) is 6.30. The average molecular weight is 226 g/mol. The summed E-state index contributed by atoms with van der Waals surface area (Å²) in [5, 5.41) is 0. The molecular weight excluding hydrogens is 204 g/mol. The molecule has 0 N–H and O–H groups in total. The normalized spacial score (nSPS) is 26.1. The number of rotatable bonds is 4. The van der Waals surface area contributed by atoms with E-state index in [1.165, 1.54) is 32.8 Å². The topological polar surface area (TPSA) is 35.5 Å². The second-order valence-corrected chi connectivity index (χ2v) is 5.68. The van der Waals surface area contributed by atoms with Gasteiger partial charge in [-0.25, -0.2) is 0 Å². The predicted octanol–water partition coefficient (Wildman–Crippen LogP) is 2.39. The van der Waals surface area contributed by atoms with Gasteiger partial charge < -0.3 is 9.47 Å². The van der Waals surface area contributed by atoms with Crippen LogP contribution in [0.15, 0.2) is 0 Å². The third-order valence-electron chi connectivity index (χ3n) is 4.09. The SMILES string of the molecule is COC(=O)C(CC1(C)COC1)C1CCCC1. The molecule has 2 fully saturated rings. The quantitative estimate of drug-likeness (QED) is 0.690. The Bertz CT molecular complexity index is 252. The van der Waals surface area contributed by atoms with Gasteiger partial charge in [-0.05, 0) is 25.2 Å². The van der Waals surface area contributed by atoms with Crippen molar-refractivity contribution in [3.05, 3.63) is 0 Å². The highest BCUT2D eigenvalue weighted by molar-refractivity contribution is 5.72. The molecule has 0 aromatic heterocycles. The molecule has 3 nitrogen and oxygen atoms in total. The van der Waals surface area contributed by atoms with E-state index in [9.17, 15) is 4.79 Å². The smallest absolute Gasteiger partial charge is 0.308 e. The van der Waals surface area contributed by atoms with Crippen molar-refractivity contribution in [2.75, 3.05) is 20.3 Å².